The summed E-state index contributed by atoms with van der Waals surface area (Å²) in [6, 6.07) is 0.609. The van der Waals surface area contributed by atoms with Crippen molar-refractivity contribution in [2.75, 3.05) is 10.6 Å². The topological polar surface area (TPSA) is 113 Å². The summed E-state index contributed by atoms with van der Waals surface area (Å²) >= 11 is 0. The van der Waals surface area contributed by atoms with E-state index in [-0.39, 0.29) is 12.1 Å². The number of hydrogen-bond acceptors (Lipinski definition) is 6. The average molecular weight is 319 g/mol. The maximum atomic E-state index is 11.6. The van der Waals surface area contributed by atoms with Gasteiger partial charge in [-0.25, -0.2) is 4.98 Å². The Hall–Kier alpha value is -1.89. The molecule has 0 spiro atoms. The number of aliphatic hydroxyl groups excluding tert-OH is 1. The number of aliphatic hydroxyl groups is 1. The van der Waals surface area contributed by atoms with E-state index in [1.165, 1.54) is 19.0 Å². The molecule has 0 aromatic carbocycles. The molecule has 2 fully saturated rings. The third kappa shape index (κ3) is 4.10. The fraction of sp³-hybridized carbons (Fsp3) is 0.688. The van der Waals surface area contributed by atoms with Crippen LogP contribution in [0, 0.1) is 0 Å². The molecule has 5 N–H and O–H groups in total. The number of nitrogens with two attached hydrogens (primary N) is 1. The van der Waals surface area contributed by atoms with Gasteiger partial charge in [0.05, 0.1) is 11.7 Å². The molecule has 1 amide bonds. The third-order valence-corrected chi connectivity index (χ3v) is 4.78. The molecule has 23 heavy (non-hydrogen) atoms. The summed E-state index contributed by atoms with van der Waals surface area (Å²) in [5, 5.41) is 16.3. The van der Waals surface area contributed by atoms with Crippen LogP contribution in [-0.4, -0.2) is 39.2 Å². The summed E-state index contributed by atoms with van der Waals surface area (Å²) in [5.74, 6) is 0.505. The Labute approximate surface area is 136 Å². The molecular weight excluding hydrogens is 294 g/mol. The lowest BCUT2D eigenvalue weighted by Gasteiger charge is -2.27. The van der Waals surface area contributed by atoms with Crippen LogP contribution in [-0.2, 0) is 0 Å². The number of anilines is 2. The van der Waals surface area contributed by atoms with E-state index in [1.54, 1.807) is 0 Å². The Kier molecular flexibility index (Phi) is 4.95. The first-order valence-corrected chi connectivity index (χ1v) is 8.50. The normalized spacial score (nSPS) is 25.3. The number of amides is 1. The predicted molar refractivity (Wildman–Crippen MR) is 88.3 cm³/mol. The zero-order valence-corrected chi connectivity index (χ0v) is 13.3. The van der Waals surface area contributed by atoms with E-state index in [4.69, 9.17) is 5.73 Å². The summed E-state index contributed by atoms with van der Waals surface area (Å²) in [5.41, 5.74) is 5.75. The first-order valence-electron chi connectivity index (χ1n) is 8.50. The van der Waals surface area contributed by atoms with Crippen molar-refractivity contribution >= 4 is 17.7 Å². The van der Waals surface area contributed by atoms with Crippen molar-refractivity contribution in [1.29, 1.82) is 0 Å². The van der Waals surface area contributed by atoms with Crippen molar-refractivity contribution < 1.29 is 9.90 Å². The van der Waals surface area contributed by atoms with Crippen LogP contribution in [0.25, 0.3) is 0 Å². The highest BCUT2D eigenvalue weighted by molar-refractivity contribution is 5.97. The van der Waals surface area contributed by atoms with Gasteiger partial charge in [0, 0.05) is 18.3 Å². The molecule has 126 valence electrons. The van der Waals surface area contributed by atoms with Gasteiger partial charge in [-0.3, -0.25) is 4.79 Å². The average Bonchev–Trinajstić information content (AvgIpc) is 3.02. The summed E-state index contributed by atoms with van der Waals surface area (Å²) in [6.45, 7) is 0. The Morgan fingerprint density at radius 2 is 1.74 bits per heavy atom. The quantitative estimate of drug-likeness (QED) is 0.656. The predicted octanol–water partition coefficient (Wildman–Crippen LogP) is 1.65. The SMILES string of the molecule is NC(=O)c1cnc(NC2CCCC2)nc1N[C@H]1CC[C@@H](O)CC1. The highest BCUT2D eigenvalue weighted by Crippen LogP contribution is 2.25. The fourth-order valence-electron chi connectivity index (χ4n) is 3.41. The highest BCUT2D eigenvalue weighted by atomic mass is 16.3. The van der Waals surface area contributed by atoms with Gasteiger partial charge < -0.3 is 21.5 Å². The van der Waals surface area contributed by atoms with Crippen LogP contribution in [0.2, 0.25) is 0 Å². The van der Waals surface area contributed by atoms with Gasteiger partial charge in [0.25, 0.3) is 5.91 Å². The van der Waals surface area contributed by atoms with E-state index in [0.717, 1.165) is 38.5 Å². The number of aromatic nitrogens is 2. The summed E-state index contributed by atoms with van der Waals surface area (Å²) in [4.78, 5) is 20.3. The largest absolute Gasteiger partial charge is 0.393 e. The molecule has 1 aromatic heterocycles. The lowest BCUT2D eigenvalue weighted by molar-refractivity contribution is 0.1000. The molecule has 2 aliphatic rings. The van der Waals surface area contributed by atoms with Crippen LogP contribution in [0.15, 0.2) is 6.20 Å². The number of carbonyl (C=O) groups excluding carboxylic acids is 1. The minimum atomic E-state index is -0.532. The van der Waals surface area contributed by atoms with Gasteiger partial charge in [-0.05, 0) is 38.5 Å². The number of nitrogens with one attached hydrogen (secondary N) is 2. The van der Waals surface area contributed by atoms with Crippen molar-refractivity contribution in [2.24, 2.45) is 5.73 Å². The van der Waals surface area contributed by atoms with E-state index in [9.17, 15) is 9.90 Å². The molecule has 1 heterocycles. The molecule has 0 bridgehead atoms. The minimum Gasteiger partial charge on any atom is -0.393 e. The molecule has 7 nitrogen and oxygen atoms in total. The van der Waals surface area contributed by atoms with Crippen LogP contribution < -0.4 is 16.4 Å². The monoisotopic (exact) mass is 319 g/mol. The molecule has 7 heteroatoms. The van der Waals surface area contributed by atoms with Crippen molar-refractivity contribution in [3.8, 4) is 0 Å². The molecule has 0 atom stereocenters. The standard InChI is InChI=1S/C16H25N5O2/c17-14(23)13-9-18-16(20-10-3-1-2-4-10)21-15(13)19-11-5-7-12(22)8-6-11/h9-12,22H,1-8H2,(H2,17,23)(H2,18,19,20,21)/t11-,12+. The minimum absolute atomic E-state index is 0.200. The van der Waals surface area contributed by atoms with E-state index < -0.39 is 5.91 Å². The smallest absolute Gasteiger partial charge is 0.254 e. The molecule has 3 rings (SSSR count). The zero-order valence-electron chi connectivity index (χ0n) is 13.3. The number of primary amides is 1. The lowest BCUT2D eigenvalue weighted by atomic mass is 9.93. The second-order valence-electron chi connectivity index (χ2n) is 6.60. The lowest BCUT2D eigenvalue weighted by Crippen LogP contribution is -2.30. The van der Waals surface area contributed by atoms with Crippen LogP contribution >= 0.6 is 0 Å². The van der Waals surface area contributed by atoms with Gasteiger partial charge in [0.2, 0.25) is 5.95 Å². The van der Waals surface area contributed by atoms with E-state index in [0.29, 0.717) is 23.4 Å². The summed E-state index contributed by atoms with van der Waals surface area (Å²) < 4.78 is 0. The highest BCUT2D eigenvalue weighted by Gasteiger charge is 2.22. The number of nitrogens with zero attached hydrogens (tertiary/aromatic N) is 2. The molecule has 2 saturated carbocycles. The van der Waals surface area contributed by atoms with Gasteiger partial charge in [-0.15, -0.1) is 0 Å². The molecule has 2 aliphatic carbocycles. The van der Waals surface area contributed by atoms with Crippen molar-refractivity contribution in [3.63, 3.8) is 0 Å². The van der Waals surface area contributed by atoms with Gasteiger partial charge in [-0.2, -0.15) is 4.98 Å². The van der Waals surface area contributed by atoms with Crippen molar-refractivity contribution in [2.45, 2.75) is 69.6 Å². The molecule has 1 aromatic rings. The van der Waals surface area contributed by atoms with E-state index >= 15 is 0 Å². The molecular formula is C16H25N5O2. The fourth-order valence-corrected chi connectivity index (χ4v) is 3.41. The Bertz CT molecular complexity index is 551. The van der Waals surface area contributed by atoms with Crippen molar-refractivity contribution in [1.82, 2.24) is 9.97 Å². The zero-order chi connectivity index (χ0) is 16.2. The number of carbonyl (C=O) groups is 1. The first-order chi connectivity index (χ1) is 11.1. The van der Waals surface area contributed by atoms with E-state index in [2.05, 4.69) is 20.6 Å². The second kappa shape index (κ2) is 7.12. The number of hydrogen-bond donors (Lipinski definition) is 4. The molecule has 0 aliphatic heterocycles. The van der Waals surface area contributed by atoms with Gasteiger partial charge >= 0.3 is 0 Å². The molecule has 0 radical (unpaired) electrons. The van der Waals surface area contributed by atoms with Crippen LogP contribution in [0.5, 0.6) is 0 Å². The Morgan fingerprint density at radius 1 is 1.09 bits per heavy atom. The van der Waals surface area contributed by atoms with Crippen LogP contribution in [0.4, 0.5) is 11.8 Å². The molecule has 0 saturated heterocycles. The van der Waals surface area contributed by atoms with E-state index in [1.807, 2.05) is 0 Å². The summed E-state index contributed by atoms with van der Waals surface area (Å²) in [6.07, 6.45) is 9.24. The first kappa shape index (κ1) is 16.0. The summed E-state index contributed by atoms with van der Waals surface area (Å²) in [7, 11) is 0. The second-order valence-corrected chi connectivity index (χ2v) is 6.60. The third-order valence-electron chi connectivity index (χ3n) is 4.78. The van der Waals surface area contributed by atoms with Gasteiger partial charge in [0.1, 0.15) is 5.82 Å². The number of rotatable bonds is 5. The van der Waals surface area contributed by atoms with Crippen LogP contribution in [0.1, 0.15) is 61.7 Å². The Balaban J connectivity index is 1.73. The Morgan fingerprint density at radius 3 is 2.39 bits per heavy atom. The van der Waals surface area contributed by atoms with Crippen LogP contribution in [0.3, 0.4) is 0 Å². The maximum Gasteiger partial charge on any atom is 0.254 e. The van der Waals surface area contributed by atoms with Gasteiger partial charge in [0.15, 0.2) is 0 Å². The van der Waals surface area contributed by atoms with Crippen molar-refractivity contribution in [3.05, 3.63) is 11.8 Å². The maximum absolute atomic E-state index is 11.6. The molecule has 0 unspecified atom stereocenters. The van der Waals surface area contributed by atoms with Gasteiger partial charge in [-0.1, -0.05) is 12.8 Å².